The molecule has 2 atom stereocenters. The number of hydrogen-bond acceptors (Lipinski definition) is 5. The van der Waals surface area contributed by atoms with E-state index >= 15 is 0 Å². The second kappa shape index (κ2) is 19.4. The topological polar surface area (TPSA) is 83.8 Å². The average molecular weight is 401 g/mol. The molecule has 0 spiro atoms. The van der Waals surface area contributed by atoms with E-state index in [4.69, 9.17) is 9.84 Å². The van der Waals surface area contributed by atoms with Crippen LogP contribution in [-0.2, 0) is 14.3 Å². The number of aliphatic hydroxyl groups excluding tert-OH is 2. The number of unbranched alkanes of at least 4 members (excludes halogenated alkanes) is 14. The molecule has 0 aromatic carbocycles. The van der Waals surface area contributed by atoms with E-state index in [1.807, 2.05) is 0 Å². The minimum atomic E-state index is -1.34. The maximum Gasteiger partial charge on any atom is 0.306 e. The first-order valence-electron chi connectivity index (χ1n) is 11.5. The molecule has 0 rings (SSSR count). The number of ketones is 1. The van der Waals surface area contributed by atoms with Crippen LogP contribution in [0.25, 0.3) is 0 Å². The van der Waals surface area contributed by atoms with Gasteiger partial charge in [-0.2, -0.15) is 0 Å². The van der Waals surface area contributed by atoms with Gasteiger partial charge in [0.15, 0.2) is 11.9 Å². The summed E-state index contributed by atoms with van der Waals surface area (Å²) in [6, 6.07) is 0. The molecule has 0 fully saturated rings. The average Bonchev–Trinajstić information content (AvgIpc) is 2.68. The summed E-state index contributed by atoms with van der Waals surface area (Å²) < 4.78 is 4.99. The summed E-state index contributed by atoms with van der Waals surface area (Å²) in [6.45, 7) is 2.90. The lowest BCUT2D eigenvalue weighted by molar-refractivity contribution is -0.162. The van der Waals surface area contributed by atoms with Crippen molar-refractivity contribution >= 4 is 11.8 Å². The predicted octanol–water partition coefficient (Wildman–Crippen LogP) is 5.10. The van der Waals surface area contributed by atoms with Crippen molar-refractivity contribution < 1.29 is 24.5 Å². The van der Waals surface area contributed by atoms with Gasteiger partial charge in [0.2, 0.25) is 0 Å². The zero-order valence-electron chi connectivity index (χ0n) is 18.3. The maximum atomic E-state index is 11.7. The maximum absolute atomic E-state index is 11.7. The van der Waals surface area contributed by atoms with E-state index in [1.165, 1.54) is 84.0 Å². The van der Waals surface area contributed by atoms with Crippen molar-refractivity contribution in [2.75, 3.05) is 6.61 Å². The molecule has 0 saturated heterocycles. The number of carbonyl (C=O) groups is 2. The number of rotatable bonds is 20. The molecule has 5 nitrogen and oxygen atoms in total. The molecule has 2 unspecified atom stereocenters. The Hall–Kier alpha value is -0.940. The highest BCUT2D eigenvalue weighted by molar-refractivity contribution is 5.84. The Morgan fingerprint density at radius 2 is 1.14 bits per heavy atom. The number of ether oxygens (including phenoxy) is 1. The summed E-state index contributed by atoms with van der Waals surface area (Å²) in [5.74, 6) is -0.936. The molecule has 0 radical (unpaired) electrons. The zero-order chi connectivity index (χ0) is 21.0. The van der Waals surface area contributed by atoms with E-state index in [1.54, 1.807) is 0 Å². The fraction of sp³-hybridized carbons (Fsp3) is 0.913. The number of carbonyl (C=O) groups excluding carboxylic acids is 2. The molecule has 5 heteroatoms. The number of aliphatic hydroxyl groups is 2. The van der Waals surface area contributed by atoms with Crippen molar-refractivity contribution in [3.05, 3.63) is 0 Å². The van der Waals surface area contributed by atoms with Crippen LogP contribution >= 0.6 is 0 Å². The molecule has 166 valence electrons. The minimum absolute atomic E-state index is 0.250. The molecule has 2 N–H and O–H groups in total. The first kappa shape index (κ1) is 27.1. The fourth-order valence-electron chi connectivity index (χ4n) is 3.37. The van der Waals surface area contributed by atoms with Gasteiger partial charge in [-0.05, 0) is 13.3 Å². The number of hydrogen-bond donors (Lipinski definition) is 2. The van der Waals surface area contributed by atoms with Crippen LogP contribution in [0, 0.1) is 0 Å². The Labute approximate surface area is 172 Å². The highest BCUT2D eigenvalue weighted by atomic mass is 16.6. The van der Waals surface area contributed by atoms with E-state index in [2.05, 4.69) is 6.92 Å². The van der Waals surface area contributed by atoms with Gasteiger partial charge in [-0.25, -0.2) is 0 Å². The largest absolute Gasteiger partial charge is 0.451 e. The van der Waals surface area contributed by atoms with Gasteiger partial charge in [-0.3, -0.25) is 9.59 Å². The lowest BCUT2D eigenvalue weighted by Crippen LogP contribution is -2.39. The fourth-order valence-corrected chi connectivity index (χ4v) is 3.37. The van der Waals surface area contributed by atoms with Crippen LogP contribution in [0.1, 0.15) is 117 Å². The quantitative estimate of drug-likeness (QED) is 0.219. The summed E-state index contributed by atoms with van der Waals surface area (Å²) in [6.07, 6.45) is 16.6. The summed E-state index contributed by atoms with van der Waals surface area (Å²) >= 11 is 0. The predicted molar refractivity (Wildman–Crippen MR) is 113 cm³/mol. The standard InChI is InChI=1S/C23H44O5/c1-3-4-5-6-7-8-9-10-11-12-13-14-15-16-17-18-22(27)28-23(20(2)25)21(26)19-24/h21,23-24,26H,3-19H2,1-2H3. The minimum Gasteiger partial charge on any atom is -0.451 e. The Kier molecular flexibility index (Phi) is 18.7. The molecule has 0 saturated carbocycles. The Morgan fingerprint density at radius 1 is 0.750 bits per heavy atom. The van der Waals surface area contributed by atoms with Gasteiger partial charge in [-0.15, -0.1) is 0 Å². The molecule has 0 aliphatic heterocycles. The SMILES string of the molecule is CCCCCCCCCCCCCCCCCC(=O)OC(C(C)=O)C(O)CO. The number of esters is 1. The van der Waals surface area contributed by atoms with Crippen LogP contribution in [-0.4, -0.2) is 40.8 Å². The smallest absolute Gasteiger partial charge is 0.306 e. The number of Topliss-reactive ketones (excluding diaryl/α,β-unsaturated/α-hetero) is 1. The molecule has 0 aromatic heterocycles. The van der Waals surface area contributed by atoms with Gasteiger partial charge in [0.25, 0.3) is 0 Å². The van der Waals surface area contributed by atoms with Crippen LogP contribution in [0.5, 0.6) is 0 Å². The molecule has 0 aromatic rings. The molecule has 0 amide bonds. The molecule has 0 aliphatic carbocycles. The summed E-state index contributed by atoms with van der Waals surface area (Å²) in [5.41, 5.74) is 0. The van der Waals surface area contributed by atoms with Gasteiger partial charge in [0.05, 0.1) is 6.61 Å². The van der Waals surface area contributed by atoms with Crippen LogP contribution in [0.15, 0.2) is 0 Å². The third-order valence-electron chi connectivity index (χ3n) is 5.18. The highest BCUT2D eigenvalue weighted by Crippen LogP contribution is 2.14. The summed E-state index contributed by atoms with van der Waals surface area (Å²) in [7, 11) is 0. The highest BCUT2D eigenvalue weighted by Gasteiger charge is 2.26. The summed E-state index contributed by atoms with van der Waals surface area (Å²) in [5, 5.41) is 18.4. The normalized spacial score (nSPS) is 13.3. The second-order valence-electron chi connectivity index (χ2n) is 7.97. The van der Waals surface area contributed by atoms with E-state index in [0.717, 1.165) is 19.3 Å². The molecule has 28 heavy (non-hydrogen) atoms. The second-order valence-corrected chi connectivity index (χ2v) is 7.97. The van der Waals surface area contributed by atoms with Gasteiger partial charge >= 0.3 is 5.97 Å². The third kappa shape index (κ3) is 16.1. The Morgan fingerprint density at radius 3 is 1.50 bits per heavy atom. The van der Waals surface area contributed by atoms with Crippen LogP contribution in [0.2, 0.25) is 0 Å². The van der Waals surface area contributed by atoms with Crippen molar-refractivity contribution in [3.8, 4) is 0 Å². The molecular weight excluding hydrogens is 356 g/mol. The van der Waals surface area contributed by atoms with Crippen LogP contribution < -0.4 is 0 Å². The molecule has 0 bridgehead atoms. The van der Waals surface area contributed by atoms with Crippen LogP contribution in [0.3, 0.4) is 0 Å². The molecular formula is C23H44O5. The zero-order valence-corrected chi connectivity index (χ0v) is 18.3. The molecule has 0 heterocycles. The van der Waals surface area contributed by atoms with E-state index in [9.17, 15) is 14.7 Å². The first-order valence-corrected chi connectivity index (χ1v) is 11.5. The van der Waals surface area contributed by atoms with Gasteiger partial charge in [-0.1, -0.05) is 96.8 Å². The Bertz CT molecular complexity index is 383. The van der Waals surface area contributed by atoms with Crippen LogP contribution in [0.4, 0.5) is 0 Å². The van der Waals surface area contributed by atoms with E-state index in [0.29, 0.717) is 0 Å². The van der Waals surface area contributed by atoms with E-state index in [-0.39, 0.29) is 6.42 Å². The molecule has 0 aliphatic rings. The van der Waals surface area contributed by atoms with Gasteiger partial charge in [0.1, 0.15) is 6.10 Å². The Balaban J connectivity index is 3.43. The van der Waals surface area contributed by atoms with Crippen molar-refractivity contribution in [2.45, 2.75) is 129 Å². The van der Waals surface area contributed by atoms with Crippen molar-refractivity contribution in [3.63, 3.8) is 0 Å². The van der Waals surface area contributed by atoms with Crippen molar-refractivity contribution in [1.82, 2.24) is 0 Å². The van der Waals surface area contributed by atoms with Crippen molar-refractivity contribution in [1.29, 1.82) is 0 Å². The lowest BCUT2D eigenvalue weighted by Gasteiger charge is -2.19. The van der Waals surface area contributed by atoms with Crippen molar-refractivity contribution in [2.24, 2.45) is 0 Å². The van der Waals surface area contributed by atoms with Gasteiger partial charge < -0.3 is 14.9 Å². The summed E-state index contributed by atoms with van der Waals surface area (Å²) in [4.78, 5) is 23.1. The lowest BCUT2D eigenvalue weighted by atomic mass is 10.0. The first-order chi connectivity index (χ1) is 13.5. The van der Waals surface area contributed by atoms with E-state index < -0.39 is 30.6 Å². The third-order valence-corrected chi connectivity index (χ3v) is 5.18. The van der Waals surface area contributed by atoms with Gasteiger partial charge in [0, 0.05) is 6.42 Å². The monoisotopic (exact) mass is 400 g/mol.